The molecule has 0 aliphatic carbocycles. The second-order valence-electron chi connectivity index (χ2n) is 3.00. The van der Waals surface area contributed by atoms with Gasteiger partial charge in [-0.05, 0) is 20.8 Å². The van der Waals surface area contributed by atoms with E-state index in [2.05, 4.69) is 4.74 Å². The van der Waals surface area contributed by atoms with Gasteiger partial charge in [0.25, 0.3) is 0 Å². The van der Waals surface area contributed by atoms with Crippen LogP contribution >= 0.6 is 12.4 Å². The number of rotatable bonds is 2. The Hall–Kier alpha value is -0.280. The highest BCUT2D eigenvalue weighted by Crippen LogP contribution is 2.19. The third-order valence-electron chi connectivity index (χ3n) is 1.85. The molecule has 0 aliphatic rings. The van der Waals surface area contributed by atoms with E-state index < -0.39 is 5.41 Å². The van der Waals surface area contributed by atoms with E-state index in [1.54, 1.807) is 20.8 Å². The minimum atomic E-state index is -0.575. The quantitative estimate of drug-likeness (QED) is 0.646. The van der Waals surface area contributed by atoms with Gasteiger partial charge in [-0.25, -0.2) is 0 Å². The zero-order valence-electron chi connectivity index (χ0n) is 7.38. The Labute approximate surface area is 73.7 Å². The first-order chi connectivity index (χ1) is 4.42. The maximum Gasteiger partial charge on any atom is 0.312 e. The summed E-state index contributed by atoms with van der Waals surface area (Å²) in [5, 5.41) is 0. The molecule has 0 heterocycles. The molecule has 11 heavy (non-hydrogen) atoms. The van der Waals surface area contributed by atoms with Gasteiger partial charge in [0.2, 0.25) is 0 Å². The van der Waals surface area contributed by atoms with Crippen molar-refractivity contribution in [3.63, 3.8) is 0 Å². The lowest BCUT2D eigenvalue weighted by Crippen LogP contribution is -2.41. The Morgan fingerprint density at radius 1 is 1.55 bits per heavy atom. The van der Waals surface area contributed by atoms with Crippen LogP contribution in [0.2, 0.25) is 0 Å². The van der Waals surface area contributed by atoms with E-state index in [-0.39, 0.29) is 24.4 Å². The van der Waals surface area contributed by atoms with Gasteiger partial charge in [-0.15, -0.1) is 12.4 Å². The molecule has 2 N–H and O–H groups in total. The van der Waals surface area contributed by atoms with Gasteiger partial charge < -0.3 is 10.5 Å². The number of carbonyl (C=O) groups is 1. The molecule has 0 saturated heterocycles. The molecule has 0 aromatic rings. The van der Waals surface area contributed by atoms with Gasteiger partial charge in [0.1, 0.15) is 0 Å². The van der Waals surface area contributed by atoms with E-state index >= 15 is 0 Å². The summed E-state index contributed by atoms with van der Waals surface area (Å²) in [6.07, 6.45) is 0. The summed E-state index contributed by atoms with van der Waals surface area (Å²) in [5.41, 5.74) is 4.97. The van der Waals surface area contributed by atoms with Crippen LogP contribution in [0.5, 0.6) is 0 Å². The molecule has 0 spiro atoms. The molecule has 0 aromatic heterocycles. The van der Waals surface area contributed by atoms with Crippen molar-refractivity contribution in [1.82, 2.24) is 0 Å². The van der Waals surface area contributed by atoms with Gasteiger partial charge in [-0.1, -0.05) is 0 Å². The summed E-state index contributed by atoms with van der Waals surface area (Å²) in [6, 6.07) is -0.181. The lowest BCUT2D eigenvalue weighted by Gasteiger charge is -2.25. The number of ether oxygens (including phenoxy) is 1. The standard InChI is InChI=1S/C7H15NO2.ClH/c1-5(8)7(2,3)6(9)10-4;/h5H,8H2,1-4H3;1H/t5-;/m1./s1. The third-order valence-corrected chi connectivity index (χ3v) is 1.85. The highest BCUT2D eigenvalue weighted by atomic mass is 35.5. The summed E-state index contributed by atoms with van der Waals surface area (Å²) in [6.45, 7) is 5.32. The first-order valence-electron chi connectivity index (χ1n) is 3.27. The molecular formula is C7H16ClNO2. The fourth-order valence-electron chi connectivity index (χ4n) is 0.449. The number of carbonyl (C=O) groups excluding carboxylic acids is 1. The molecule has 0 radical (unpaired) electrons. The number of halogens is 1. The number of esters is 1. The second kappa shape index (κ2) is 4.57. The van der Waals surface area contributed by atoms with Crippen molar-refractivity contribution in [2.75, 3.05) is 7.11 Å². The topological polar surface area (TPSA) is 52.3 Å². The monoisotopic (exact) mass is 181 g/mol. The Balaban J connectivity index is 0. The molecule has 0 unspecified atom stereocenters. The summed E-state index contributed by atoms with van der Waals surface area (Å²) >= 11 is 0. The van der Waals surface area contributed by atoms with Crippen LogP contribution in [0, 0.1) is 5.41 Å². The van der Waals surface area contributed by atoms with Crippen LogP contribution in [0.3, 0.4) is 0 Å². The first kappa shape index (κ1) is 13.3. The number of methoxy groups -OCH3 is 1. The van der Waals surface area contributed by atoms with Crippen LogP contribution in [0.25, 0.3) is 0 Å². The maximum absolute atomic E-state index is 11.0. The second-order valence-corrected chi connectivity index (χ2v) is 3.00. The van der Waals surface area contributed by atoms with Crippen LogP contribution in [0.1, 0.15) is 20.8 Å². The molecule has 0 saturated carbocycles. The van der Waals surface area contributed by atoms with Crippen LogP contribution in [-0.4, -0.2) is 19.1 Å². The SMILES string of the molecule is COC(=O)C(C)(C)[C@@H](C)N.Cl. The van der Waals surface area contributed by atoms with Crippen LogP contribution in [0.15, 0.2) is 0 Å². The fraction of sp³-hybridized carbons (Fsp3) is 0.857. The zero-order chi connectivity index (χ0) is 8.36. The Bertz CT molecular complexity index is 134. The van der Waals surface area contributed by atoms with Crippen molar-refractivity contribution in [2.24, 2.45) is 11.1 Å². The maximum atomic E-state index is 11.0. The third kappa shape index (κ3) is 3.08. The van der Waals surface area contributed by atoms with Gasteiger partial charge >= 0.3 is 5.97 Å². The van der Waals surface area contributed by atoms with Crippen molar-refractivity contribution >= 4 is 18.4 Å². The Morgan fingerprint density at radius 2 is 1.91 bits per heavy atom. The molecule has 3 nitrogen and oxygen atoms in total. The average molecular weight is 182 g/mol. The molecule has 0 aromatic carbocycles. The van der Waals surface area contributed by atoms with Crippen molar-refractivity contribution in [2.45, 2.75) is 26.8 Å². The molecule has 0 bridgehead atoms. The Morgan fingerprint density at radius 3 is 2.00 bits per heavy atom. The minimum Gasteiger partial charge on any atom is -0.469 e. The fourth-order valence-corrected chi connectivity index (χ4v) is 0.449. The zero-order valence-corrected chi connectivity index (χ0v) is 8.20. The summed E-state index contributed by atoms with van der Waals surface area (Å²) in [7, 11) is 1.37. The van der Waals surface area contributed by atoms with E-state index in [4.69, 9.17) is 5.73 Å². The molecule has 4 heteroatoms. The molecule has 1 atom stereocenters. The van der Waals surface area contributed by atoms with Crippen molar-refractivity contribution < 1.29 is 9.53 Å². The van der Waals surface area contributed by atoms with E-state index in [0.29, 0.717) is 0 Å². The van der Waals surface area contributed by atoms with Gasteiger partial charge in [-0.2, -0.15) is 0 Å². The summed E-state index contributed by atoms with van der Waals surface area (Å²) in [4.78, 5) is 11.0. The Kier molecular flexibility index (Phi) is 5.53. The van der Waals surface area contributed by atoms with E-state index in [1.807, 2.05) is 0 Å². The number of hydrogen-bond acceptors (Lipinski definition) is 3. The molecule has 0 rings (SSSR count). The molecular weight excluding hydrogens is 166 g/mol. The van der Waals surface area contributed by atoms with E-state index in [0.717, 1.165) is 0 Å². The summed E-state index contributed by atoms with van der Waals surface area (Å²) in [5.74, 6) is -0.262. The van der Waals surface area contributed by atoms with Crippen molar-refractivity contribution in [3.8, 4) is 0 Å². The van der Waals surface area contributed by atoms with Crippen molar-refractivity contribution in [1.29, 1.82) is 0 Å². The minimum absolute atomic E-state index is 0. The lowest BCUT2D eigenvalue weighted by atomic mass is 9.86. The van der Waals surface area contributed by atoms with E-state index in [9.17, 15) is 4.79 Å². The first-order valence-corrected chi connectivity index (χ1v) is 3.27. The average Bonchev–Trinajstić information content (AvgIpc) is 1.86. The number of nitrogens with two attached hydrogens (primary N) is 1. The van der Waals surface area contributed by atoms with Crippen molar-refractivity contribution in [3.05, 3.63) is 0 Å². The number of hydrogen-bond donors (Lipinski definition) is 1. The highest BCUT2D eigenvalue weighted by Gasteiger charge is 2.32. The smallest absolute Gasteiger partial charge is 0.312 e. The van der Waals surface area contributed by atoms with Crippen LogP contribution in [0.4, 0.5) is 0 Å². The summed E-state index contributed by atoms with van der Waals surface area (Å²) < 4.78 is 4.56. The largest absolute Gasteiger partial charge is 0.469 e. The lowest BCUT2D eigenvalue weighted by molar-refractivity contribution is -0.151. The van der Waals surface area contributed by atoms with Gasteiger partial charge in [0, 0.05) is 6.04 Å². The van der Waals surface area contributed by atoms with Gasteiger partial charge in [0.15, 0.2) is 0 Å². The van der Waals surface area contributed by atoms with E-state index in [1.165, 1.54) is 7.11 Å². The molecule has 0 fully saturated rings. The molecule has 0 amide bonds. The molecule has 0 aliphatic heterocycles. The van der Waals surface area contributed by atoms with Gasteiger partial charge in [0.05, 0.1) is 12.5 Å². The molecule has 68 valence electrons. The highest BCUT2D eigenvalue weighted by molar-refractivity contribution is 5.85. The predicted octanol–water partition coefficient (Wildman–Crippen LogP) is 0.955. The van der Waals surface area contributed by atoms with Gasteiger partial charge in [-0.3, -0.25) is 4.79 Å². The van der Waals surface area contributed by atoms with Crippen LogP contribution < -0.4 is 5.73 Å². The predicted molar refractivity (Wildman–Crippen MR) is 46.7 cm³/mol. The van der Waals surface area contributed by atoms with Crippen LogP contribution in [-0.2, 0) is 9.53 Å². The normalized spacial score (nSPS) is 13.2.